The lowest BCUT2D eigenvalue weighted by Crippen LogP contribution is -2.47. The first-order valence-corrected chi connectivity index (χ1v) is 25.8. The van der Waals surface area contributed by atoms with Crippen molar-refractivity contribution in [3.63, 3.8) is 0 Å². The van der Waals surface area contributed by atoms with Crippen LogP contribution in [0.1, 0.15) is 49.8 Å². The maximum absolute atomic E-state index is 13.6. The van der Waals surface area contributed by atoms with Crippen LogP contribution in [-0.4, -0.2) is 163 Å². The second-order valence-corrected chi connectivity index (χ2v) is 19.2. The second-order valence-electron chi connectivity index (χ2n) is 19.2. The maximum Gasteiger partial charge on any atom is 0.433 e. The predicted octanol–water partition coefficient (Wildman–Crippen LogP) is 6.47. The van der Waals surface area contributed by atoms with Crippen LogP contribution in [0.3, 0.4) is 0 Å². The number of morpholine rings is 2. The van der Waals surface area contributed by atoms with Gasteiger partial charge in [-0.25, -0.2) is 9.97 Å². The largest absolute Gasteiger partial charge is 0.433 e. The van der Waals surface area contributed by atoms with Crippen LogP contribution < -0.4 is 35.6 Å². The molecule has 0 bridgehead atoms. The molecule has 0 aliphatic carbocycles. The van der Waals surface area contributed by atoms with E-state index >= 15 is 0 Å². The summed E-state index contributed by atoms with van der Waals surface area (Å²) in [5, 5.41) is 8.83. The fourth-order valence-corrected chi connectivity index (χ4v) is 9.63. The summed E-state index contributed by atoms with van der Waals surface area (Å²) in [7, 11) is 0. The average Bonchev–Trinajstić information content (AvgIpc) is 3.48. The van der Waals surface area contributed by atoms with Crippen molar-refractivity contribution in [2.45, 2.75) is 32.1 Å². The van der Waals surface area contributed by atoms with E-state index < -0.39 is 35.4 Å². The number of alkyl halides is 6. The van der Waals surface area contributed by atoms with Crippen LogP contribution in [0.25, 0.3) is 22.5 Å². The molecule has 9 heterocycles. The first-order valence-electron chi connectivity index (χ1n) is 25.8. The summed E-state index contributed by atoms with van der Waals surface area (Å²) in [6.45, 7) is 12.7. The van der Waals surface area contributed by atoms with Crippen molar-refractivity contribution in [2.24, 2.45) is 0 Å². The zero-order valence-electron chi connectivity index (χ0n) is 42.7. The number of hydrogen-bond acceptors (Lipinski definition) is 17. The summed E-state index contributed by atoms with van der Waals surface area (Å²) in [5.74, 6) is 1.02. The number of hydrogen-bond donors (Lipinski definition) is 3. The lowest BCUT2D eigenvalue weighted by atomic mass is 10.0. The number of aromatic nitrogens is 7. The summed E-state index contributed by atoms with van der Waals surface area (Å²) in [5.41, 5.74) is 1.86. The smallest absolute Gasteiger partial charge is 0.378 e. The molecule has 0 radical (unpaired) electrons. The number of nitrogens with zero attached hydrogens (tertiary/aromatic N) is 12. The topological polar surface area (TPSA) is 195 Å². The van der Waals surface area contributed by atoms with Crippen molar-refractivity contribution in [2.75, 3.05) is 142 Å². The first-order chi connectivity index (χ1) is 37.6. The fourth-order valence-electron chi connectivity index (χ4n) is 9.63. The highest BCUT2D eigenvalue weighted by molar-refractivity contribution is 6.05. The third kappa shape index (κ3) is 13.0. The number of rotatable bonds is 14. The van der Waals surface area contributed by atoms with Crippen LogP contribution in [0, 0.1) is 6.92 Å². The molecule has 4 saturated heterocycles. The van der Waals surface area contributed by atoms with Gasteiger partial charge in [-0.1, -0.05) is 6.07 Å². The molecule has 0 unspecified atom stereocenters. The van der Waals surface area contributed by atoms with Gasteiger partial charge >= 0.3 is 12.4 Å². The fraction of sp³-hybridized carbons (Fsp3) is 0.415. The SMILES string of the molecule is Cc1ncc(NC(=O)c2ccnc(C(F)(F)F)c2)cc1-c1cc(N2CCOCC2)nc(N2CCN(CCCc3ncc(NC(=O)c4cccc(C(F)(F)F)c4)cc3-c3cc(N4CCOCC4)nc(N4CCNCC4)n3)CC2)n1. The highest BCUT2D eigenvalue weighted by Crippen LogP contribution is 2.34. The van der Waals surface area contributed by atoms with E-state index in [1.807, 2.05) is 19.1 Å². The number of anilines is 6. The van der Waals surface area contributed by atoms with E-state index in [1.165, 1.54) is 30.6 Å². The number of carbonyl (C=O) groups excluding carboxylic acids is 2. The lowest BCUT2D eigenvalue weighted by Gasteiger charge is -2.35. The number of nitrogens with one attached hydrogen (secondary N) is 3. The number of amides is 2. The van der Waals surface area contributed by atoms with Crippen LogP contribution in [0.15, 0.2) is 79.3 Å². The molecule has 4 fully saturated rings. The van der Waals surface area contributed by atoms with Crippen molar-refractivity contribution in [1.82, 2.24) is 45.1 Å². The van der Waals surface area contributed by atoms with Crippen molar-refractivity contribution >= 4 is 46.7 Å². The molecule has 5 aromatic heterocycles. The molecule has 410 valence electrons. The molecule has 19 nitrogen and oxygen atoms in total. The zero-order chi connectivity index (χ0) is 54.4. The molecule has 2 amide bonds. The molecule has 1 aromatic carbocycles. The van der Waals surface area contributed by atoms with E-state index in [1.54, 1.807) is 12.1 Å². The summed E-state index contributed by atoms with van der Waals surface area (Å²) in [6.07, 6.45) is -4.20. The highest BCUT2D eigenvalue weighted by atomic mass is 19.4. The van der Waals surface area contributed by atoms with Gasteiger partial charge in [-0.05, 0) is 68.8 Å². The Morgan fingerprint density at radius 1 is 0.603 bits per heavy atom. The minimum Gasteiger partial charge on any atom is -0.378 e. The van der Waals surface area contributed by atoms with Gasteiger partial charge in [-0.3, -0.25) is 29.4 Å². The van der Waals surface area contributed by atoms with Crippen LogP contribution in [0.2, 0.25) is 0 Å². The van der Waals surface area contributed by atoms with Crippen LogP contribution in [0.5, 0.6) is 0 Å². The van der Waals surface area contributed by atoms with Crippen molar-refractivity contribution in [1.29, 1.82) is 0 Å². The Labute approximate surface area is 445 Å². The number of pyridine rings is 3. The van der Waals surface area contributed by atoms with Crippen LogP contribution >= 0.6 is 0 Å². The second kappa shape index (κ2) is 23.6. The monoisotopic (exact) mass is 1080 g/mol. The van der Waals surface area contributed by atoms with Gasteiger partial charge in [0.1, 0.15) is 17.3 Å². The Kier molecular flexibility index (Phi) is 16.2. The molecule has 0 atom stereocenters. The Balaban J connectivity index is 0.867. The van der Waals surface area contributed by atoms with E-state index in [4.69, 9.17) is 34.4 Å². The summed E-state index contributed by atoms with van der Waals surface area (Å²) >= 11 is 0. The minimum absolute atomic E-state index is 0.148. The Morgan fingerprint density at radius 3 is 1.77 bits per heavy atom. The van der Waals surface area contributed by atoms with Crippen LogP contribution in [0.4, 0.5) is 61.2 Å². The number of benzene rings is 1. The van der Waals surface area contributed by atoms with Gasteiger partial charge in [0.15, 0.2) is 0 Å². The molecule has 6 aromatic rings. The lowest BCUT2D eigenvalue weighted by molar-refractivity contribution is -0.141. The molecule has 0 spiro atoms. The van der Waals surface area contributed by atoms with Gasteiger partial charge in [0, 0.05) is 131 Å². The Morgan fingerprint density at radius 2 is 1.17 bits per heavy atom. The number of carbonyl (C=O) groups is 2. The predicted molar refractivity (Wildman–Crippen MR) is 280 cm³/mol. The summed E-state index contributed by atoms with van der Waals surface area (Å²) < 4.78 is 92.4. The van der Waals surface area contributed by atoms with E-state index in [0.29, 0.717) is 162 Å². The minimum atomic E-state index is -4.72. The summed E-state index contributed by atoms with van der Waals surface area (Å²) in [6, 6.07) is 13.5. The van der Waals surface area contributed by atoms with Crippen molar-refractivity contribution in [3.05, 3.63) is 113 Å². The third-order valence-corrected chi connectivity index (χ3v) is 13.9. The van der Waals surface area contributed by atoms with E-state index in [2.05, 4.69) is 50.4 Å². The third-order valence-electron chi connectivity index (χ3n) is 13.9. The van der Waals surface area contributed by atoms with Crippen molar-refractivity contribution in [3.8, 4) is 22.5 Å². The maximum atomic E-state index is 13.6. The van der Waals surface area contributed by atoms with Crippen molar-refractivity contribution < 1.29 is 45.4 Å². The standard InChI is InChI=1S/C53H57F6N15O4/c1-34-40(28-38(32-62-34)64-49(76)36-7-8-61-45(27-36)53(57,58)59)43-30-46(71-18-22-77-23-19-71)69-51(66-43)74-16-14-70(15-17-74)11-3-6-42-41(29-39(33-63-42)65-48(75)35-4-2-5-37(26-35)52(54,55)56)44-31-47(72-20-24-78-25-21-72)68-50(67-44)73-12-9-60-10-13-73/h2,4-5,7-8,26-33,60H,3,6,9-25H2,1H3,(H,64,76)(H,65,75). The normalized spacial score (nSPS) is 16.8. The number of ether oxygens (including phenoxy) is 2. The van der Waals surface area contributed by atoms with E-state index in [-0.39, 0.29) is 16.8 Å². The van der Waals surface area contributed by atoms with Gasteiger partial charge in [0.05, 0.1) is 67.1 Å². The molecular formula is C53H57F6N15O4. The number of aryl methyl sites for hydroxylation is 2. The molecule has 4 aliphatic heterocycles. The van der Waals surface area contributed by atoms with Crippen LogP contribution in [-0.2, 0) is 28.2 Å². The molecule has 0 saturated carbocycles. The molecule has 3 N–H and O–H groups in total. The van der Waals surface area contributed by atoms with Gasteiger partial charge in [0.2, 0.25) is 11.9 Å². The molecule has 10 rings (SSSR count). The molecule has 4 aliphatic rings. The van der Waals surface area contributed by atoms with Gasteiger partial charge in [-0.2, -0.15) is 36.3 Å². The van der Waals surface area contributed by atoms with E-state index in [9.17, 15) is 35.9 Å². The molecule has 78 heavy (non-hydrogen) atoms. The average molecular weight is 1080 g/mol. The molecule has 25 heteroatoms. The van der Waals surface area contributed by atoms with E-state index in [0.717, 1.165) is 49.5 Å². The van der Waals surface area contributed by atoms with Gasteiger partial charge in [0.25, 0.3) is 11.8 Å². The highest BCUT2D eigenvalue weighted by Gasteiger charge is 2.34. The summed E-state index contributed by atoms with van der Waals surface area (Å²) in [4.78, 5) is 70.5. The quantitative estimate of drug-likeness (QED) is 0.100. The Bertz CT molecular complexity index is 3070. The van der Waals surface area contributed by atoms with Gasteiger partial charge in [-0.15, -0.1) is 0 Å². The number of halogens is 6. The first kappa shape index (κ1) is 53.8. The Hall–Kier alpha value is -7.61. The zero-order valence-corrected chi connectivity index (χ0v) is 42.7. The number of piperazine rings is 2. The van der Waals surface area contributed by atoms with Gasteiger partial charge < -0.3 is 45.0 Å². The molecular weight excluding hydrogens is 1020 g/mol.